The van der Waals surface area contributed by atoms with Crippen LogP contribution in [-0.4, -0.2) is 17.1 Å². The first-order valence-corrected chi connectivity index (χ1v) is 13.8. The molecular formula is C30H24Cl2N2O4S. The third-order valence-corrected chi connectivity index (χ3v) is 7.69. The van der Waals surface area contributed by atoms with Crippen LogP contribution < -0.4 is 19.6 Å². The number of thiazole rings is 1. The molecule has 0 N–H and O–H groups in total. The Balaban J connectivity index is 1.48. The van der Waals surface area contributed by atoms with Crippen molar-refractivity contribution in [2.45, 2.75) is 26.5 Å². The highest BCUT2D eigenvalue weighted by atomic mass is 35.5. The number of allylic oxidation sites excluding steroid dienone is 1. The summed E-state index contributed by atoms with van der Waals surface area (Å²) in [7, 11) is 0. The molecule has 0 bridgehead atoms. The average molecular weight is 580 g/mol. The Morgan fingerprint density at radius 2 is 1.64 bits per heavy atom. The Hall–Kier alpha value is -3.65. The largest absolute Gasteiger partial charge is 0.489 e. The molecular weight excluding hydrogens is 555 g/mol. The van der Waals surface area contributed by atoms with Crippen LogP contribution in [0.25, 0.3) is 6.08 Å². The maximum Gasteiger partial charge on any atom is 0.338 e. The molecule has 3 aromatic carbocycles. The topological polar surface area (TPSA) is 69.9 Å². The molecule has 0 saturated carbocycles. The predicted octanol–water partition coefficient (Wildman–Crippen LogP) is 5.68. The van der Waals surface area contributed by atoms with Gasteiger partial charge in [-0.1, -0.05) is 70.9 Å². The number of esters is 1. The van der Waals surface area contributed by atoms with Crippen LogP contribution in [0, 0.1) is 0 Å². The van der Waals surface area contributed by atoms with E-state index >= 15 is 0 Å². The minimum atomic E-state index is -0.677. The fourth-order valence-corrected chi connectivity index (χ4v) is 5.61. The number of nitrogens with zero attached hydrogens (tertiary/aromatic N) is 2. The number of benzene rings is 3. The molecule has 0 saturated heterocycles. The zero-order chi connectivity index (χ0) is 27.5. The standard InChI is InChI=1S/C30H24Cl2N2O4S/c1-3-37-29(36)26-18(2)33-30-34(27(26)21-8-12-23(32)13-9-21)28(35)25(39-30)16-19-6-14-24(15-7-19)38-17-20-4-10-22(31)11-5-20/h4-16,27H,3,17H2,1-2H3/b25-16+/t27-/m0/s1. The number of rotatable bonds is 7. The number of fused-ring (bicyclic) bond motifs is 1. The molecule has 39 heavy (non-hydrogen) atoms. The van der Waals surface area contributed by atoms with Gasteiger partial charge in [0.15, 0.2) is 4.80 Å². The first kappa shape index (κ1) is 26.9. The quantitative estimate of drug-likeness (QED) is 0.264. The minimum Gasteiger partial charge on any atom is -0.489 e. The molecule has 4 aromatic rings. The van der Waals surface area contributed by atoms with Crippen molar-refractivity contribution in [3.63, 3.8) is 0 Å². The van der Waals surface area contributed by atoms with Crippen LogP contribution in [-0.2, 0) is 16.1 Å². The number of halogens is 2. The van der Waals surface area contributed by atoms with Gasteiger partial charge in [0, 0.05) is 10.0 Å². The number of aromatic nitrogens is 1. The second-order valence-corrected chi connectivity index (χ2v) is 10.7. The van der Waals surface area contributed by atoms with E-state index in [1.54, 1.807) is 30.5 Å². The first-order chi connectivity index (χ1) is 18.8. The van der Waals surface area contributed by atoms with Crippen LogP contribution in [0.2, 0.25) is 10.0 Å². The Kier molecular flexibility index (Phi) is 8.02. The maximum absolute atomic E-state index is 13.7. The summed E-state index contributed by atoms with van der Waals surface area (Å²) < 4.78 is 13.3. The van der Waals surface area contributed by atoms with E-state index in [-0.39, 0.29) is 12.2 Å². The lowest BCUT2D eigenvalue weighted by Gasteiger charge is -2.24. The third kappa shape index (κ3) is 5.86. The van der Waals surface area contributed by atoms with Crippen molar-refractivity contribution in [1.29, 1.82) is 0 Å². The van der Waals surface area contributed by atoms with Crippen LogP contribution in [0.5, 0.6) is 5.75 Å². The number of carbonyl (C=O) groups excluding carboxylic acids is 1. The number of hydrogen-bond donors (Lipinski definition) is 0. The summed E-state index contributed by atoms with van der Waals surface area (Å²) >= 11 is 13.3. The van der Waals surface area contributed by atoms with E-state index in [0.29, 0.717) is 43.0 Å². The van der Waals surface area contributed by atoms with E-state index < -0.39 is 12.0 Å². The lowest BCUT2D eigenvalue weighted by Crippen LogP contribution is -2.39. The molecule has 1 aliphatic heterocycles. The van der Waals surface area contributed by atoms with Gasteiger partial charge in [0.05, 0.1) is 28.5 Å². The van der Waals surface area contributed by atoms with Gasteiger partial charge >= 0.3 is 5.97 Å². The van der Waals surface area contributed by atoms with E-state index in [2.05, 4.69) is 4.99 Å². The summed E-state index contributed by atoms with van der Waals surface area (Å²) in [6.45, 7) is 4.14. The molecule has 5 rings (SSSR count). The predicted molar refractivity (Wildman–Crippen MR) is 154 cm³/mol. The Bertz CT molecular complexity index is 1720. The number of carbonyl (C=O) groups is 1. The van der Waals surface area contributed by atoms with E-state index in [1.807, 2.05) is 66.7 Å². The van der Waals surface area contributed by atoms with Crippen molar-refractivity contribution in [3.8, 4) is 5.75 Å². The first-order valence-electron chi connectivity index (χ1n) is 12.3. The molecule has 198 valence electrons. The van der Waals surface area contributed by atoms with E-state index in [0.717, 1.165) is 16.7 Å². The number of ether oxygens (including phenoxy) is 2. The molecule has 1 aromatic heterocycles. The summed E-state index contributed by atoms with van der Waals surface area (Å²) in [5.74, 6) is 0.211. The third-order valence-electron chi connectivity index (χ3n) is 6.20. The highest BCUT2D eigenvalue weighted by molar-refractivity contribution is 7.07. The zero-order valence-electron chi connectivity index (χ0n) is 21.2. The highest BCUT2D eigenvalue weighted by Crippen LogP contribution is 2.31. The smallest absolute Gasteiger partial charge is 0.338 e. The van der Waals surface area contributed by atoms with E-state index in [1.165, 1.54) is 11.3 Å². The summed E-state index contributed by atoms with van der Waals surface area (Å²) in [5.41, 5.74) is 3.20. The van der Waals surface area contributed by atoms with Crippen LogP contribution >= 0.6 is 34.5 Å². The minimum absolute atomic E-state index is 0.215. The molecule has 0 radical (unpaired) electrons. The van der Waals surface area contributed by atoms with Crippen molar-refractivity contribution in [2.75, 3.05) is 6.61 Å². The van der Waals surface area contributed by atoms with Crippen LogP contribution in [0.1, 0.15) is 36.6 Å². The van der Waals surface area contributed by atoms with Gasteiger partial charge in [-0.25, -0.2) is 9.79 Å². The summed E-state index contributed by atoms with van der Waals surface area (Å²) in [5, 5.41) is 1.24. The van der Waals surface area contributed by atoms with Gasteiger partial charge in [-0.15, -0.1) is 0 Å². The zero-order valence-corrected chi connectivity index (χ0v) is 23.5. The van der Waals surface area contributed by atoms with Gasteiger partial charge in [-0.05, 0) is 73.0 Å². The Labute approximate surface area is 239 Å². The molecule has 6 nitrogen and oxygen atoms in total. The van der Waals surface area contributed by atoms with Crippen LogP contribution in [0.15, 0.2) is 93.9 Å². The fraction of sp³-hybridized carbons (Fsp3) is 0.167. The van der Waals surface area contributed by atoms with Gasteiger partial charge in [0.2, 0.25) is 0 Å². The van der Waals surface area contributed by atoms with E-state index in [4.69, 9.17) is 32.7 Å². The lowest BCUT2D eigenvalue weighted by atomic mass is 9.96. The van der Waals surface area contributed by atoms with Crippen molar-refractivity contribution in [2.24, 2.45) is 4.99 Å². The summed E-state index contributed by atoms with van der Waals surface area (Å²) in [6, 6.07) is 21.4. The van der Waals surface area contributed by atoms with Gasteiger partial charge in [-0.2, -0.15) is 0 Å². The summed E-state index contributed by atoms with van der Waals surface area (Å²) in [6.07, 6.45) is 1.81. The molecule has 0 spiro atoms. The number of hydrogen-bond acceptors (Lipinski definition) is 6. The fourth-order valence-electron chi connectivity index (χ4n) is 4.31. The molecule has 2 heterocycles. The van der Waals surface area contributed by atoms with Crippen molar-refractivity contribution in [1.82, 2.24) is 4.57 Å². The van der Waals surface area contributed by atoms with Gasteiger partial charge in [-0.3, -0.25) is 9.36 Å². The van der Waals surface area contributed by atoms with Gasteiger partial charge in [0.1, 0.15) is 12.4 Å². The molecule has 1 aliphatic rings. The van der Waals surface area contributed by atoms with Crippen LogP contribution in [0.4, 0.5) is 0 Å². The second kappa shape index (κ2) is 11.6. The summed E-state index contributed by atoms with van der Waals surface area (Å²) in [4.78, 5) is 31.8. The molecule has 9 heteroatoms. The molecule has 0 amide bonds. The molecule has 0 aliphatic carbocycles. The SMILES string of the molecule is CCOC(=O)C1=C(C)N=c2s/c(=C/c3ccc(OCc4ccc(Cl)cc4)cc3)c(=O)n2[C@H]1c1ccc(Cl)cc1. The van der Waals surface area contributed by atoms with Crippen LogP contribution in [0.3, 0.4) is 0 Å². The van der Waals surface area contributed by atoms with Crippen molar-refractivity contribution >= 4 is 46.6 Å². The molecule has 0 unspecified atom stereocenters. The highest BCUT2D eigenvalue weighted by Gasteiger charge is 2.33. The normalized spacial score (nSPS) is 15.1. The Morgan fingerprint density at radius 1 is 1.00 bits per heavy atom. The Morgan fingerprint density at radius 3 is 2.28 bits per heavy atom. The van der Waals surface area contributed by atoms with Crippen molar-refractivity contribution in [3.05, 3.63) is 130 Å². The lowest BCUT2D eigenvalue weighted by molar-refractivity contribution is -0.139. The monoisotopic (exact) mass is 578 g/mol. The van der Waals surface area contributed by atoms with Gasteiger partial charge < -0.3 is 9.47 Å². The second-order valence-electron chi connectivity index (χ2n) is 8.84. The maximum atomic E-state index is 13.7. The van der Waals surface area contributed by atoms with Crippen molar-refractivity contribution < 1.29 is 14.3 Å². The van der Waals surface area contributed by atoms with E-state index in [9.17, 15) is 9.59 Å². The molecule has 0 fully saturated rings. The average Bonchev–Trinajstić information content (AvgIpc) is 3.23. The van der Waals surface area contributed by atoms with Gasteiger partial charge in [0.25, 0.3) is 5.56 Å². The molecule has 1 atom stereocenters.